The number of carbonyl (C=O) groups excluding carboxylic acids is 1. The van der Waals surface area contributed by atoms with E-state index in [1.165, 1.54) is 10.7 Å². The van der Waals surface area contributed by atoms with Crippen LogP contribution in [-0.4, -0.2) is 22.4 Å². The minimum atomic E-state index is -0.793. The summed E-state index contributed by atoms with van der Waals surface area (Å²) in [5.74, 6) is -2.10. The van der Waals surface area contributed by atoms with E-state index in [0.717, 1.165) is 12.1 Å². The standard InChI is InChI=1S/C19H15ClF2N2O2/c1-3-26-19(25)17-11(2)18(12-4-6-13(20)7-5-12)24(23-17)16-9-8-14(21)10-15(16)22/h4-10H,3H2,1-2H3. The van der Waals surface area contributed by atoms with Crippen LogP contribution >= 0.6 is 11.6 Å². The van der Waals surface area contributed by atoms with Crippen molar-refractivity contribution in [3.05, 3.63) is 70.4 Å². The smallest absolute Gasteiger partial charge is 0.359 e. The average Bonchev–Trinajstić information content (AvgIpc) is 2.93. The molecule has 0 saturated heterocycles. The van der Waals surface area contributed by atoms with Gasteiger partial charge in [0.2, 0.25) is 0 Å². The van der Waals surface area contributed by atoms with Gasteiger partial charge in [-0.3, -0.25) is 0 Å². The number of hydrogen-bond donors (Lipinski definition) is 0. The number of ether oxygens (including phenoxy) is 1. The van der Waals surface area contributed by atoms with Gasteiger partial charge in [0.15, 0.2) is 11.5 Å². The highest BCUT2D eigenvalue weighted by Gasteiger charge is 2.24. The van der Waals surface area contributed by atoms with Crippen molar-refractivity contribution in [1.82, 2.24) is 9.78 Å². The second-order valence-corrected chi connectivity index (χ2v) is 5.99. The molecule has 4 nitrogen and oxygen atoms in total. The number of carbonyl (C=O) groups is 1. The van der Waals surface area contributed by atoms with Gasteiger partial charge in [0, 0.05) is 22.2 Å². The van der Waals surface area contributed by atoms with E-state index in [1.54, 1.807) is 38.1 Å². The molecular weight excluding hydrogens is 362 g/mol. The van der Waals surface area contributed by atoms with Crippen LogP contribution in [0.3, 0.4) is 0 Å². The Hall–Kier alpha value is -2.73. The zero-order valence-electron chi connectivity index (χ0n) is 14.1. The van der Waals surface area contributed by atoms with Crippen molar-refractivity contribution in [1.29, 1.82) is 0 Å². The minimum Gasteiger partial charge on any atom is -0.461 e. The molecule has 0 aliphatic rings. The van der Waals surface area contributed by atoms with Crippen molar-refractivity contribution in [3.8, 4) is 16.9 Å². The summed E-state index contributed by atoms with van der Waals surface area (Å²) in [5, 5.41) is 4.77. The predicted molar refractivity (Wildman–Crippen MR) is 94.6 cm³/mol. The molecule has 1 aromatic heterocycles. The van der Waals surface area contributed by atoms with Gasteiger partial charge in [-0.2, -0.15) is 5.10 Å². The van der Waals surface area contributed by atoms with Gasteiger partial charge in [0.25, 0.3) is 0 Å². The first-order valence-electron chi connectivity index (χ1n) is 7.90. The number of hydrogen-bond acceptors (Lipinski definition) is 3. The molecule has 0 spiro atoms. The molecule has 0 N–H and O–H groups in total. The number of aromatic nitrogens is 2. The normalized spacial score (nSPS) is 10.8. The fourth-order valence-corrected chi connectivity index (χ4v) is 2.79. The molecule has 0 fully saturated rings. The summed E-state index contributed by atoms with van der Waals surface area (Å²) >= 11 is 5.94. The van der Waals surface area contributed by atoms with Gasteiger partial charge < -0.3 is 4.74 Å². The summed E-state index contributed by atoms with van der Waals surface area (Å²) < 4.78 is 33.9. The Bertz CT molecular complexity index is 968. The lowest BCUT2D eigenvalue weighted by molar-refractivity contribution is 0.0518. The van der Waals surface area contributed by atoms with Crippen LogP contribution in [0.4, 0.5) is 8.78 Å². The fraction of sp³-hybridized carbons (Fsp3) is 0.158. The fourth-order valence-electron chi connectivity index (χ4n) is 2.66. The first kappa shape index (κ1) is 18.1. The average molecular weight is 377 g/mol. The monoisotopic (exact) mass is 376 g/mol. The van der Waals surface area contributed by atoms with Crippen molar-refractivity contribution in [2.45, 2.75) is 13.8 Å². The molecule has 134 valence electrons. The number of nitrogens with zero attached hydrogens (tertiary/aromatic N) is 2. The van der Waals surface area contributed by atoms with E-state index in [2.05, 4.69) is 5.10 Å². The maximum atomic E-state index is 14.3. The van der Waals surface area contributed by atoms with E-state index in [1.807, 2.05) is 0 Å². The molecular formula is C19H15ClF2N2O2. The molecule has 0 unspecified atom stereocenters. The van der Waals surface area contributed by atoms with Gasteiger partial charge in [0.05, 0.1) is 12.3 Å². The largest absolute Gasteiger partial charge is 0.461 e. The Balaban J connectivity index is 2.26. The predicted octanol–water partition coefficient (Wildman–Crippen LogP) is 4.96. The SMILES string of the molecule is CCOC(=O)c1nn(-c2ccc(F)cc2F)c(-c2ccc(Cl)cc2)c1C. The first-order valence-corrected chi connectivity index (χ1v) is 8.28. The Morgan fingerprint density at radius 2 is 1.88 bits per heavy atom. The molecule has 7 heteroatoms. The first-order chi connectivity index (χ1) is 12.4. The Morgan fingerprint density at radius 1 is 1.19 bits per heavy atom. The highest BCUT2D eigenvalue weighted by atomic mass is 35.5. The topological polar surface area (TPSA) is 44.1 Å². The quantitative estimate of drug-likeness (QED) is 0.605. The van der Waals surface area contributed by atoms with Crippen LogP contribution in [-0.2, 0) is 4.74 Å². The van der Waals surface area contributed by atoms with Gasteiger partial charge in [-0.15, -0.1) is 0 Å². The zero-order chi connectivity index (χ0) is 18.8. The van der Waals surface area contributed by atoms with Crippen LogP contribution in [0.25, 0.3) is 16.9 Å². The maximum Gasteiger partial charge on any atom is 0.359 e. The summed E-state index contributed by atoms with van der Waals surface area (Å²) in [6.07, 6.45) is 0. The molecule has 3 aromatic rings. The highest BCUT2D eigenvalue weighted by molar-refractivity contribution is 6.30. The third-order valence-electron chi connectivity index (χ3n) is 3.85. The second-order valence-electron chi connectivity index (χ2n) is 5.56. The second kappa shape index (κ2) is 7.25. The van der Waals surface area contributed by atoms with Crippen molar-refractivity contribution in [3.63, 3.8) is 0 Å². The van der Waals surface area contributed by atoms with Crippen molar-refractivity contribution in [2.24, 2.45) is 0 Å². The number of rotatable bonds is 4. The van der Waals surface area contributed by atoms with Gasteiger partial charge >= 0.3 is 5.97 Å². The number of esters is 1. The molecule has 2 aromatic carbocycles. The van der Waals surface area contributed by atoms with Crippen LogP contribution < -0.4 is 0 Å². The lowest BCUT2D eigenvalue weighted by Crippen LogP contribution is -2.08. The van der Waals surface area contributed by atoms with Gasteiger partial charge in [-0.05, 0) is 38.1 Å². The molecule has 0 saturated carbocycles. The van der Waals surface area contributed by atoms with Gasteiger partial charge in [0.1, 0.15) is 11.5 Å². The number of benzene rings is 2. The van der Waals surface area contributed by atoms with Crippen molar-refractivity contribution in [2.75, 3.05) is 6.61 Å². The molecule has 0 radical (unpaired) electrons. The summed E-state index contributed by atoms with van der Waals surface area (Å²) in [4.78, 5) is 12.2. The minimum absolute atomic E-state index is 0.0231. The van der Waals surface area contributed by atoms with Crippen LogP contribution in [0.5, 0.6) is 0 Å². The highest BCUT2D eigenvalue weighted by Crippen LogP contribution is 2.31. The third-order valence-corrected chi connectivity index (χ3v) is 4.10. The van der Waals surface area contributed by atoms with E-state index in [9.17, 15) is 13.6 Å². The Morgan fingerprint density at radius 3 is 2.50 bits per heavy atom. The third kappa shape index (κ3) is 3.32. The molecule has 1 heterocycles. The molecule has 0 amide bonds. The van der Waals surface area contributed by atoms with Crippen LogP contribution in [0.1, 0.15) is 23.0 Å². The molecule has 0 bridgehead atoms. The van der Waals surface area contributed by atoms with E-state index in [-0.39, 0.29) is 18.0 Å². The lowest BCUT2D eigenvalue weighted by Gasteiger charge is -2.10. The summed E-state index contributed by atoms with van der Waals surface area (Å²) in [7, 11) is 0. The van der Waals surface area contributed by atoms with E-state index >= 15 is 0 Å². The lowest BCUT2D eigenvalue weighted by atomic mass is 10.1. The molecule has 3 rings (SSSR count). The molecule has 26 heavy (non-hydrogen) atoms. The van der Waals surface area contributed by atoms with Gasteiger partial charge in [-0.25, -0.2) is 18.3 Å². The zero-order valence-corrected chi connectivity index (χ0v) is 14.8. The van der Waals surface area contributed by atoms with Crippen LogP contribution in [0, 0.1) is 18.6 Å². The maximum absolute atomic E-state index is 14.3. The van der Waals surface area contributed by atoms with E-state index in [0.29, 0.717) is 21.8 Å². The summed E-state index contributed by atoms with van der Waals surface area (Å²) in [5.41, 5.74) is 1.79. The van der Waals surface area contributed by atoms with Crippen molar-refractivity contribution < 1.29 is 18.3 Å². The summed E-state index contributed by atoms with van der Waals surface area (Å²) in [6, 6.07) is 9.99. The van der Waals surface area contributed by atoms with Gasteiger partial charge in [-0.1, -0.05) is 23.7 Å². The van der Waals surface area contributed by atoms with Crippen molar-refractivity contribution >= 4 is 17.6 Å². The van der Waals surface area contributed by atoms with Crippen LogP contribution in [0.15, 0.2) is 42.5 Å². The van der Waals surface area contributed by atoms with E-state index < -0.39 is 17.6 Å². The summed E-state index contributed by atoms with van der Waals surface area (Å²) in [6.45, 7) is 3.57. The Kier molecular flexibility index (Phi) is 5.04. The Labute approximate surface area is 154 Å². The molecule has 0 aliphatic carbocycles. The molecule has 0 atom stereocenters. The van der Waals surface area contributed by atoms with E-state index in [4.69, 9.17) is 16.3 Å². The van der Waals surface area contributed by atoms with Crippen LogP contribution in [0.2, 0.25) is 5.02 Å². The number of halogens is 3. The molecule has 0 aliphatic heterocycles.